The van der Waals surface area contributed by atoms with Crippen molar-refractivity contribution in [3.8, 4) is 11.4 Å². The highest BCUT2D eigenvalue weighted by molar-refractivity contribution is 5.82. The Morgan fingerprint density at radius 1 is 1.28 bits per heavy atom. The number of aromatic nitrogens is 2. The number of hydrogen-bond donors (Lipinski definition) is 1. The van der Waals surface area contributed by atoms with Gasteiger partial charge in [-0.1, -0.05) is 12.7 Å². The molecule has 8 nitrogen and oxygen atoms in total. The van der Waals surface area contributed by atoms with Crippen molar-refractivity contribution in [3.63, 3.8) is 0 Å². The molecule has 0 saturated carbocycles. The van der Waals surface area contributed by atoms with Gasteiger partial charge in [-0.25, -0.2) is 4.98 Å². The molecule has 0 aliphatic rings. The van der Waals surface area contributed by atoms with Crippen LogP contribution in [0.4, 0.5) is 11.5 Å². The first-order valence-corrected chi connectivity index (χ1v) is 8.92. The zero-order valence-electron chi connectivity index (χ0n) is 16.2. The second-order valence-corrected chi connectivity index (χ2v) is 6.28. The number of anilines is 1. The Bertz CT molecular complexity index is 1040. The van der Waals surface area contributed by atoms with Gasteiger partial charge in [0, 0.05) is 28.7 Å². The van der Waals surface area contributed by atoms with Crippen LogP contribution in [-0.4, -0.2) is 27.3 Å². The van der Waals surface area contributed by atoms with Crippen LogP contribution in [0.15, 0.2) is 66.4 Å². The van der Waals surface area contributed by atoms with Crippen molar-refractivity contribution in [2.45, 2.75) is 13.8 Å². The molecule has 0 fully saturated rings. The Kier molecular flexibility index (Phi) is 6.03. The van der Waals surface area contributed by atoms with Gasteiger partial charge in [-0.2, -0.15) is 5.10 Å². The van der Waals surface area contributed by atoms with Gasteiger partial charge in [0.05, 0.1) is 11.1 Å². The molecule has 0 spiro atoms. The topological polar surface area (TPSA) is 94.6 Å². The predicted molar refractivity (Wildman–Crippen MR) is 113 cm³/mol. The number of aryl methyl sites for hydroxylation is 1. The molecule has 0 aliphatic heterocycles. The van der Waals surface area contributed by atoms with Crippen molar-refractivity contribution in [1.82, 2.24) is 9.55 Å². The van der Waals surface area contributed by atoms with Gasteiger partial charge < -0.3 is 9.30 Å². The maximum atomic E-state index is 10.7. The highest BCUT2D eigenvalue weighted by Gasteiger charge is 2.10. The molecular formula is C21H21N5O3. The zero-order chi connectivity index (χ0) is 20.8. The van der Waals surface area contributed by atoms with Crippen LogP contribution in [-0.2, 0) is 0 Å². The maximum absolute atomic E-state index is 10.7. The monoisotopic (exact) mass is 391 g/mol. The van der Waals surface area contributed by atoms with E-state index in [0.717, 1.165) is 28.4 Å². The van der Waals surface area contributed by atoms with Gasteiger partial charge in [0.15, 0.2) is 0 Å². The molecule has 0 saturated heterocycles. The molecule has 0 unspecified atom stereocenters. The molecule has 8 heteroatoms. The summed E-state index contributed by atoms with van der Waals surface area (Å²) in [5, 5.41) is 14.9. The standard InChI is InChI=1S/C21H21N5O3/c1-4-11-29-20-8-5-18(6-9-20)25-15(2)12-17(16(25)3)13-23-24-21-10-7-19(14-22-21)26(27)28/h4-10,12-14H,1,11H2,2-3H3,(H,22,24)/b23-13+. The summed E-state index contributed by atoms with van der Waals surface area (Å²) in [6, 6.07) is 12.8. The lowest BCUT2D eigenvalue weighted by Gasteiger charge is -2.11. The molecule has 29 heavy (non-hydrogen) atoms. The van der Waals surface area contributed by atoms with Crippen molar-refractivity contribution in [1.29, 1.82) is 0 Å². The third-order valence-corrected chi connectivity index (χ3v) is 4.27. The summed E-state index contributed by atoms with van der Waals surface area (Å²) in [6.45, 7) is 8.15. The molecule has 0 aliphatic carbocycles. The quantitative estimate of drug-likeness (QED) is 0.266. The Labute approximate surface area is 168 Å². The number of hydrogen-bond acceptors (Lipinski definition) is 6. The fraction of sp³-hybridized carbons (Fsp3) is 0.143. The second-order valence-electron chi connectivity index (χ2n) is 6.28. The number of nitro groups is 1. The number of nitrogens with one attached hydrogen (secondary N) is 1. The normalized spacial score (nSPS) is 10.8. The number of hydrazone groups is 1. The molecule has 0 atom stereocenters. The number of pyridine rings is 1. The number of benzene rings is 1. The van der Waals surface area contributed by atoms with Crippen LogP contribution >= 0.6 is 0 Å². The minimum atomic E-state index is -0.493. The molecule has 0 radical (unpaired) electrons. The van der Waals surface area contributed by atoms with E-state index >= 15 is 0 Å². The Hall–Kier alpha value is -3.94. The van der Waals surface area contributed by atoms with Crippen molar-refractivity contribution >= 4 is 17.7 Å². The van der Waals surface area contributed by atoms with Crippen LogP contribution in [0.3, 0.4) is 0 Å². The lowest BCUT2D eigenvalue weighted by Crippen LogP contribution is -2.00. The third kappa shape index (κ3) is 4.67. The highest BCUT2D eigenvalue weighted by atomic mass is 16.6. The second kappa shape index (κ2) is 8.83. The molecule has 2 heterocycles. The molecule has 1 N–H and O–H groups in total. The lowest BCUT2D eigenvalue weighted by atomic mass is 10.2. The van der Waals surface area contributed by atoms with Crippen LogP contribution < -0.4 is 10.2 Å². The summed E-state index contributed by atoms with van der Waals surface area (Å²) in [6.07, 6.45) is 4.59. The number of rotatable bonds is 8. The minimum Gasteiger partial charge on any atom is -0.490 e. The highest BCUT2D eigenvalue weighted by Crippen LogP contribution is 2.22. The van der Waals surface area contributed by atoms with Crippen LogP contribution in [0.1, 0.15) is 17.0 Å². The Balaban J connectivity index is 1.74. The van der Waals surface area contributed by atoms with E-state index in [9.17, 15) is 10.1 Å². The molecular weight excluding hydrogens is 370 g/mol. The first kappa shape index (κ1) is 19.8. The van der Waals surface area contributed by atoms with E-state index in [0.29, 0.717) is 12.4 Å². The molecule has 0 amide bonds. The van der Waals surface area contributed by atoms with Gasteiger partial charge in [0.2, 0.25) is 0 Å². The summed E-state index contributed by atoms with van der Waals surface area (Å²) in [5.74, 6) is 1.22. The van der Waals surface area contributed by atoms with Crippen LogP contribution in [0.25, 0.3) is 5.69 Å². The van der Waals surface area contributed by atoms with E-state index in [1.54, 1.807) is 12.3 Å². The largest absolute Gasteiger partial charge is 0.490 e. The SMILES string of the molecule is C=CCOc1ccc(-n2c(C)cc(/C=N/Nc3ccc([N+](=O)[O-])cn3)c2C)cc1. The minimum absolute atomic E-state index is 0.0658. The van der Waals surface area contributed by atoms with Crippen molar-refractivity contribution < 1.29 is 9.66 Å². The summed E-state index contributed by atoms with van der Waals surface area (Å²) < 4.78 is 7.66. The summed E-state index contributed by atoms with van der Waals surface area (Å²) >= 11 is 0. The van der Waals surface area contributed by atoms with E-state index in [-0.39, 0.29) is 5.69 Å². The summed E-state index contributed by atoms with van der Waals surface area (Å²) in [5.41, 5.74) is 6.79. The van der Waals surface area contributed by atoms with Gasteiger partial charge >= 0.3 is 0 Å². The van der Waals surface area contributed by atoms with Crippen LogP contribution in [0, 0.1) is 24.0 Å². The molecule has 3 aromatic rings. The van der Waals surface area contributed by atoms with E-state index in [2.05, 4.69) is 26.7 Å². The Morgan fingerprint density at radius 2 is 2.03 bits per heavy atom. The van der Waals surface area contributed by atoms with Crippen molar-refractivity contribution in [2.24, 2.45) is 5.10 Å². The van der Waals surface area contributed by atoms with Crippen LogP contribution in [0.2, 0.25) is 0 Å². The zero-order valence-corrected chi connectivity index (χ0v) is 16.2. The fourth-order valence-corrected chi connectivity index (χ4v) is 2.89. The summed E-state index contributed by atoms with van der Waals surface area (Å²) in [4.78, 5) is 14.1. The van der Waals surface area contributed by atoms with Crippen LogP contribution in [0.5, 0.6) is 5.75 Å². The summed E-state index contributed by atoms with van der Waals surface area (Å²) in [7, 11) is 0. The molecule has 2 aromatic heterocycles. The molecule has 1 aromatic carbocycles. The van der Waals surface area contributed by atoms with E-state index < -0.39 is 4.92 Å². The first-order valence-electron chi connectivity index (χ1n) is 8.92. The molecule has 0 bridgehead atoms. The fourth-order valence-electron chi connectivity index (χ4n) is 2.89. The predicted octanol–water partition coefficient (Wildman–Crippen LogP) is 4.41. The van der Waals surface area contributed by atoms with Gasteiger partial charge in [0.1, 0.15) is 24.4 Å². The molecule has 148 valence electrons. The van der Waals surface area contributed by atoms with E-state index in [4.69, 9.17) is 4.74 Å². The Morgan fingerprint density at radius 3 is 2.66 bits per heavy atom. The number of nitrogens with zero attached hydrogens (tertiary/aromatic N) is 4. The van der Waals surface area contributed by atoms with E-state index in [1.165, 1.54) is 18.3 Å². The van der Waals surface area contributed by atoms with Gasteiger partial charge in [-0.05, 0) is 50.2 Å². The average Bonchev–Trinajstić information content (AvgIpc) is 3.00. The van der Waals surface area contributed by atoms with E-state index in [1.807, 2.05) is 44.2 Å². The number of ether oxygens (including phenoxy) is 1. The van der Waals surface area contributed by atoms with Gasteiger partial charge in [0.25, 0.3) is 5.69 Å². The average molecular weight is 391 g/mol. The maximum Gasteiger partial charge on any atom is 0.287 e. The van der Waals surface area contributed by atoms with Crippen molar-refractivity contribution in [2.75, 3.05) is 12.0 Å². The first-order chi connectivity index (χ1) is 14.0. The van der Waals surface area contributed by atoms with Crippen molar-refractivity contribution in [3.05, 3.63) is 88.4 Å². The third-order valence-electron chi connectivity index (χ3n) is 4.27. The van der Waals surface area contributed by atoms with Gasteiger partial charge in [-0.3, -0.25) is 15.5 Å². The smallest absolute Gasteiger partial charge is 0.287 e. The molecule has 3 rings (SSSR count). The van der Waals surface area contributed by atoms with Gasteiger partial charge in [-0.15, -0.1) is 0 Å². The lowest BCUT2D eigenvalue weighted by molar-refractivity contribution is -0.385.